The van der Waals surface area contributed by atoms with E-state index < -0.39 is 0 Å². The largest absolute Gasteiger partial charge is 0.346 e. The van der Waals surface area contributed by atoms with E-state index in [9.17, 15) is 4.79 Å². The molecule has 27 heavy (non-hydrogen) atoms. The van der Waals surface area contributed by atoms with Crippen LogP contribution in [0.3, 0.4) is 0 Å². The molecule has 0 saturated carbocycles. The molecule has 8 heteroatoms. The summed E-state index contributed by atoms with van der Waals surface area (Å²) < 4.78 is 3.86. The van der Waals surface area contributed by atoms with E-state index in [1.165, 1.54) is 11.3 Å². The molecule has 1 amide bonds. The fourth-order valence-electron chi connectivity index (χ4n) is 3.02. The molecule has 5 rings (SSSR count). The maximum Gasteiger partial charge on any atom is 0.261 e. The van der Waals surface area contributed by atoms with Crippen molar-refractivity contribution >= 4 is 43.8 Å². The second-order valence-electron chi connectivity index (χ2n) is 6.17. The Bertz CT molecular complexity index is 1230. The highest BCUT2D eigenvalue weighted by atomic mass is 32.1. The number of amides is 1. The summed E-state index contributed by atoms with van der Waals surface area (Å²) in [5.41, 5.74) is 2.75. The summed E-state index contributed by atoms with van der Waals surface area (Å²) in [7, 11) is 0. The first-order valence-corrected chi connectivity index (χ1v) is 10.1. The average Bonchev–Trinajstić information content (AvgIpc) is 3.42. The zero-order valence-corrected chi connectivity index (χ0v) is 16.0. The number of thiazole rings is 1. The van der Waals surface area contributed by atoms with Gasteiger partial charge in [0, 0.05) is 23.2 Å². The number of aromatic nitrogens is 4. The molecule has 134 valence electrons. The number of hydrogen-bond acceptors (Lipinski definition) is 5. The van der Waals surface area contributed by atoms with Crippen LogP contribution in [0.25, 0.3) is 20.9 Å². The molecule has 5 aromatic rings. The third kappa shape index (κ3) is 2.83. The van der Waals surface area contributed by atoms with Gasteiger partial charge in [-0.25, -0.2) is 9.67 Å². The van der Waals surface area contributed by atoms with Crippen LogP contribution < -0.4 is 5.32 Å². The minimum absolute atomic E-state index is 0.0911. The van der Waals surface area contributed by atoms with Crippen LogP contribution in [0.1, 0.15) is 21.1 Å². The zero-order valence-electron chi connectivity index (χ0n) is 14.4. The lowest BCUT2D eigenvalue weighted by atomic mass is 10.3. The molecule has 1 aromatic carbocycles. The molecule has 0 radical (unpaired) electrons. The van der Waals surface area contributed by atoms with Gasteiger partial charge in [0.05, 0.1) is 28.5 Å². The van der Waals surface area contributed by atoms with Crippen molar-refractivity contribution in [1.29, 1.82) is 0 Å². The number of carbonyl (C=O) groups is 1. The molecule has 0 unspecified atom stereocenters. The SMILES string of the molecule is Cc1nn(-c2ccccc2)c2sc(C(=O)NCc3cn4ccsc4n3)cc12. The van der Waals surface area contributed by atoms with Crippen LogP contribution >= 0.6 is 22.7 Å². The number of benzene rings is 1. The van der Waals surface area contributed by atoms with Crippen LogP contribution in [0.5, 0.6) is 0 Å². The van der Waals surface area contributed by atoms with Crippen molar-refractivity contribution < 1.29 is 4.79 Å². The van der Waals surface area contributed by atoms with Gasteiger partial charge in [-0.15, -0.1) is 22.7 Å². The van der Waals surface area contributed by atoms with Crippen LogP contribution in [0.4, 0.5) is 0 Å². The van der Waals surface area contributed by atoms with E-state index in [0.29, 0.717) is 11.4 Å². The number of nitrogens with zero attached hydrogens (tertiary/aromatic N) is 4. The van der Waals surface area contributed by atoms with Gasteiger partial charge in [0.1, 0.15) is 4.83 Å². The first-order chi connectivity index (χ1) is 13.2. The van der Waals surface area contributed by atoms with E-state index >= 15 is 0 Å². The third-order valence-electron chi connectivity index (χ3n) is 4.34. The zero-order chi connectivity index (χ0) is 18.4. The molecule has 0 atom stereocenters. The van der Waals surface area contributed by atoms with Crippen molar-refractivity contribution in [3.8, 4) is 5.69 Å². The molecule has 0 saturated heterocycles. The number of thiophene rings is 1. The lowest BCUT2D eigenvalue weighted by Crippen LogP contribution is -2.21. The second kappa shape index (κ2) is 6.33. The van der Waals surface area contributed by atoms with Crippen molar-refractivity contribution in [3.05, 3.63) is 70.4 Å². The fraction of sp³-hybridized carbons (Fsp3) is 0.105. The maximum absolute atomic E-state index is 12.6. The third-order valence-corrected chi connectivity index (χ3v) is 6.22. The van der Waals surface area contributed by atoms with Gasteiger partial charge in [-0.05, 0) is 25.1 Å². The van der Waals surface area contributed by atoms with Gasteiger partial charge < -0.3 is 5.32 Å². The fourth-order valence-corrected chi connectivity index (χ4v) is 4.84. The second-order valence-corrected chi connectivity index (χ2v) is 8.07. The molecule has 0 spiro atoms. The lowest BCUT2D eigenvalue weighted by Gasteiger charge is -2.02. The molecule has 4 heterocycles. The van der Waals surface area contributed by atoms with Gasteiger partial charge in [0.2, 0.25) is 0 Å². The topological polar surface area (TPSA) is 64.2 Å². The molecular weight excluding hydrogens is 378 g/mol. The van der Waals surface area contributed by atoms with Gasteiger partial charge in [0.25, 0.3) is 5.91 Å². The first-order valence-electron chi connectivity index (χ1n) is 8.43. The molecule has 0 aliphatic carbocycles. The van der Waals surface area contributed by atoms with Gasteiger partial charge in [-0.2, -0.15) is 5.10 Å². The minimum Gasteiger partial charge on any atom is -0.346 e. The van der Waals surface area contributed by atoms with Gasteiger partial charge in [-0.3, -0.25) is 9.20 Å². The number of nitrogens with one attached hydrogen (secondary N) is 1. The summed E-state index contributed by atoms with van der Waals surface area (Å²) in [6.07, 6.45) is 3.90. The first kappa shape index (κ1) is 16.2. The van der Waals surface area contributed by atoms with E-state index in [2.05, 4.69) is 15.4 Å². The molecule has 0 aliphatic rings. The highest BCUT2D eigenvalue weighted by Gasteiger charge is 2.17. The highest BCUT2D eigenvalue weighted by molar-refractivity contribution is 7.20. The Labute approximate surface area is 162 Å². The molecular formula is C19H15N5OS2. The minimum atomic E-state index is -0.0911. The van der Waals surface area contributed by atoms with Crippen LogP contribution in [0.2, 0.25) is 0 Å². The Morgan fingerprint density at radius 2 is 2.11 bits per heavy atom. The Balaban J connectivity index is 1.41. The number of imidazole rings is 1. The van der Waals surface area contributed by atoms with E-state index in [1.807, 2.05) is 70.2 Å². The molecule has 6 nitrogen and oxygen atoms in total. The molecule has 4 aromatic heterocycles. The number of fused-ring (bicyclic) bond motifs is 2. The lowest BCUT2D eigenvalue weighted by molar-refractivity contribution is 0.0954. The van der Waals surface area contributed by atoms with Crippen LogP contribution in [-0.2, 0) is 6.54 Å². The Hall–Kier alpha value is -2.97. The number of aryl methyl sites for hydroxylation is 1. The standard InChI is InChI=1S/C19H15N5OS2/c1-12-15-9-16(27-18(15)24(22-12)14-5-3-2-4-6-14)17(25)20-10-13-11-23-7-8-26-19(23)21-13/h2-9,11H,10H2,1H3,(H,20,25). The summed E-state index contributed by atoms with van der Waals surface area (Å²) in [6.45, 7) is 2.37. The summed E-state index contributed by atoms with van der Waals surface area (Å²) in [5, 5.41) is 10.6. The van der Waals surface area contributed by atoms with E-state index in [0.717, 1.165) is 32.3 Å². The Morgan fingerprint density at radius 1 is 1.26 bits per heavy atom. The van der Waals surface area contributed by atoms with E-state index in [1.54, 1.807) is 11.3 Å². The smallest absolute Gasteiger partial charge is 0.261 e. The van der Waals surface area contributed by atoms with Gasteiger partial charge in [-0.1, -0.05) is 18.2 Å². The molecule has 0 fully saturated rings. The van der Waals surface area contributed by atoms with Crippen molar-refractivity contribution in [3.63, 3.8) is 0 Å². The van der Waals surface area contributed by atoms with Gasteiger partial charge >= 0.3 is 0 Å². The van der Waals surface area contributed by atoms with Crippen LogP contribution in [0.15, 0.2) is 54.2 Å². The average molecular weight is 393 g/mol. The monoisotopic (exact) mass is 393 g/mol. The predicted octanol–water partition coefficient (Wildman–Crippen LogP) is 4.03. The molecule has 0 aliphatic heterocycles. The highest BCUT2D eigenvalue weighted by Crippen LogP contribution is 2.30. The maximum atomic E-state index is 12.6. The molecule has 1 N–H and O–H groups in total. The van der Waals surface area contributed by atoms with Crippen molar-refractivity contribution in [2.45, 2.75) is 13.5 Å². The van der Waals surface area contributed by atoms with Crippen molar-refractivity contribution in [2.75, 3.05) is 0 Å². The number of para-hydroxylation sites is 1. The van der Waals surface area contributed by atoms with Crippen molar-refractivity contribution in [2.24, 2.45) is 0 Å². The molecule has 0 bridgehead atoms. The predicted molar refractivity (Wildman–Crippen MR) is 108 cm³/mol. The Morgan fingerprint density at radius 3 is 2.93 bits per heavy atom. The summed E-state index contributed by atoms with van der Waals surface area (Å²) in [4.78, 5) is 19.7. The summed E-state index contributed by atoms with van der Waals surface area (Å²) in [6, 6.07) is 11.9. The summed E-state index contributed by atoms with van der Waals surface area (Å²) >= 11 is 3.03. The van der Waals surface area contributed by atoms with E-state index in [-0.39, 0.29) is 5.91 Å². The van der Waals surface area contributed by atoms with Gasteiger partial charge in [0.15, 0.2) is 4.96 Å². The number of carbonyl (C=O) groups excluding carboxylic acids is 1. The normalized spacial score (nSPS) is 11.4. The van der Waals surface area contributed by atoms with Crippen LogP contribution in [-0.4, -0.2) is 25.1 Å². The number of hydrogen-bond donors (Lipinski definition) is 1. The quantitative estimate of drug-likeness (QED) is 0.501. The Kier molecular flexibility index (Phi) is 3.80. The summed E-state index contributed by atoms with van der Waals surface area (Å²) in [5.74, 6) is -0.0911. The number of rotatable bonds is 4. The van der Waals surface area contributed by atoms with E-state index in [4.69, 9.17) is 0 Å². The van der Waals surface area contributed by atoms with Crippen LogP contribution in [0, 0.1) is 6.92 Å². The van der Waals surface area contributed by atoms with Crippen molar-refractivity contribution in [1.82, 2.24) is 24.5 Å².